The normalized spacial score (nSPS) is 16.8. The van der Waals surface area contributed by atoms with Crippen LogP contribution in [0.15, 0.2) is 35.6 Å². The first-order valence-corrected chi connectivity index (χ1v) is 9.92. The lowest BCUT2D eigenvalue weighted by molar-refractivity contribution is 0.349. The highest BCUT2D eigenvalue weighted by Crippen LogP contribution is 2.16. The lowest BCUT2D eigenvalue weighted by Gasteiger charge is -2.13. The van der Waals surface area contributed by atoms with Crippen LogP contribution >= 0.6 is 11.8 Å². The number of pyridine rings is 1. The van der Waals surface area contributed by atoms with E-state index in [1.165, 1.54) is 5.75 Å². The van der Waals surface area contributed by atoms with E-state index in [0.29, 0.717) is 17.1 Å². The molecule has 2 aromatic heterocycles. The van der Waals surface area contributed by atoms with E-state index >= 15 is 0 Å². The molecule has 21 heavy (non-hydrogen) atoms. The Hall–Kier alpha value is -1.05. The Morgan fingerprint density at radius 1 is 1.29 bits per heavy atom. The predicted molar refractivity (Wildman–Crippen MR) is 85.4 cm³/mol. The van der Waals surface area contributed by atoms with Gasteiger partial charge in [-0.15, -0.1) is 11.8 Å². The highest BCUT2D eigenvalue weighted by molar-refractivity contribution is 7.99. The fourth-order valence-corrected chi connectivity index (χ4v) is 5.10. The van der Waals surface area contributed by atoms with Gasteiger partial charge in [0.15, 0.2) is 9.84 Å². The van der Waals surface area contributed by atoms with Crippen molar-refractivity contribution in [2.45, 2.75) is 17.9 Å². The number of nitrogens with zero attached hydrogens (tertiary/aromatic N) is 3. The third kappa shape index (κ3) is 3.41. The first-order chi connectivity index (χ1) is 10.2. The summed E-state index contributed by atoms with van der Waals surface area (Å²) in [6.07, 6.45) is 4.96. The quantitative estimate of drug-likeness (QED) is 0.759. The van der Waals surface area contributed by atoms with E-state index in [1.807, 2.05) is 17.8 Å². The van der Waals surface area contributed by atoms with Crippen molar-refractivity contribution >= 4 is 27.2 Å². The van der Waals surface area contributed by atoms with Crippen LogP contribution in [0.25, 0.3) is 5.65 Å². The molecular weight excluding hydrogens is 306 g/mol. The Morgan fingerprint density at radius 2 is 2.19 bits per heavy atom. The number of imidazole rings is 1. The summed E-state index contributed by atoms with van der Waals surface area (Å²) in [5, 5.41) is 0.342. The van der Waals surface area contributed by atoms with Crippen molar-refractivity contribution in [3.05, 3.63) is 30.6 Å². The second-order valence-corrected chi connectivity index (χ2v) is 8.33. The topological polar surface area (TPSA) is 54.7 Å². The van der Waals surface area contributed by atoms with Crippen LogP contribution < -0.4 is 0 Å². The molecule has 0 N–H and O–H groups in total. The molecule has 114 valence electrons. The minimum atomic E-state index is -3.25. The van der Waals surface area contributed by atoms with Crippen LogP contribution in [0.4, 0.5) is 0 Å². The largest absolute Gasteiger partial charge is 0.293 e. The average molecular weight is 325 g/mol. The smallest absolute Gasteiger partial charge is 0.194 e. The van der Waals surface area contributed by atoms with Crippen molar-refractivity contribution in [3.8, 4) is 0 Å². The lowest BCUT2D eigenvalue weighted by atomic mass is 10.3. The summed E-state index contributed by atoms with van der Waals surface area (Å²) in [5.41, 5.74) is 0.671. The van der Waals surface area contributed by atoms with Crippen molar-refractivity contribution in [2.75, 3.05) is 30.5 Å². The summed E-state index contributed by atoms with van der Waals surface area (Å²) in [6.45, 7) is 2.13. The molecule has 1 saturated heterocycles. The first kappa shape index (κ1) is 14.9. The minimum absolute atomic E-state index is 0.200. The van der Waals surface area contributed by atoms with Gasteiger partial charge < -0.3 is 0 Å². The van der Waals surface area contributed by atoms with Gasteiger partial charge in [0.1, 0.15) is 10.7 Å². The number of hydrogen-bond donors (Lipinski definition) is 0. The van der Waals surface area contributed by atoms with Crippen molar-refractivity contribution < 1.29 is 8.42 Å². The molecule has 0 atom stereocenters. The van der Waals surface area contributed by atoms with Gasteiger partial charge in [-0.3, -0.25) is 9.30 Å². The summed E-state index contributed by atoms with van der Waals surface area (Å²) >= 11 is 1.94. The summed E-state index contributed by atoms with van der Waals surface area (Å²) < 4.78 is 26.6. The molecule has 1 aliphatic rings. The van der Waals surface area contributed by atoms with E-state index in [9.17, 15) is 8.42 Å². The van der Waals surface area contributed by atoms with E-state index in [2.05, 4.69) is 9.88 Å². The van der Waals surface area contributed by atoms with Gasteiger partial charge in [-0.05, 0) is 31.5 Å². The molecule has 0 radical (unpaired) electrons. The number of fused-ring (bicyclic) bond motifs is 1. The number of aromatic nitrogens is 2. The van der Waals surface area contributed by atoms with Gasteiger partial charge in [0.25, 0.3) is 0 Å². The third-order valence-corrected chi connectivity index (χ3v) is 6.49. The number of hydrogen-bond acceptors (Lipinski definition) is 5. The second kappa shape index (κ2) is 6.37. The molecule has 3 rings (SSSR count). The SMILES string of the molecule is O=S(=O)(CCCCN1CCSC1)c1cccc2nccn12. The number of thioether (sulfide) groups is 1. The number of unbranched alkanes of at least 4 members (excludes halogenated alkanes) is 1. The maximum Gasteiger partial charge on any atom is 0.194 e. The van der Waals surface area contributed by atoms with E-state index in [-0.39, 0.29) is 5.75 Å². The van der Waals surface area contributed by atoms with Crippen LogP contribution in [0.3, 0.4) is 0 Å². The van der Waals surface area contributed by atoms with E-state index in [1.54, 1.807) is 28.9 Å². The zero-order chi connectivity index (χ0) is 14.7. The summed E-state index contributed by atoms with van der Waals surface area (Å²) in [7, 11) is -3.25. The Balaban J connectivity index is 1.62. The van der Waals surface area contributed by atoms with E-state index < -0.39 is 9.84 Å². The molecule has 1 aliphatic heterocycles. The summed E-state index contributed by atoms with van der Waals surface area (Å²) in [4.78, 5) is 6.51. The van der Waals surface area contributed by atoms with Crippen LogP contribution in [-0.2, 0) is 9.84 Å². The molecule has 0 aliphatic carbocycles. The molecule has 1 fully saturated rings. The van der Waals surface area contributed by atoms with Crippen LogP contribution in [-0.4, -0.2) is 53.2 Å². The van der Waals surface area contributed by atoms with Gasteiger partial charge in [0.2, 0.25) is 0 Å². The van der Waals surface area contributed by atoms with Crippen molar-refractivity contribution in [3.63, 3.8) is 0 Å². The zero-order valence-electron chi connectivity index (χ0n) is 11.8. The number of rotatable bonds is 6. The fourth-order valence-electron chi connectivity index (χ4n) is 2.54. The summed E-state index contributed by atoms with van der Waals surface area (Å²) in [5.74, 6) is 2.48. The van der Waals surface area contributed by atoms with Crippen LogP contribution in [0, 0.1) is 0 Å². The highest BCUT2D eigenvalue weighted by Gasteiger charge is 2.18. The van der Waals surface area contributed by atoms with Gasteiger partial charge in [-0.2, -0.15) is 0 Å². The van der Waals surface area contributed by atoms with Gasteiger partial charge >= 0.3 is 0 Å². The lowest BCUT2D eigenvalue weighted by Crippen LogP contribution is -2.21. The monoisotopic (exact) mass is 325 g/mol. The molecule has 0 amide bonds. The van der Waals surface area contributed by atoms with Crippen LogP contribution in [0.1, 0.15) is 12.8 Å². The number of sulfone groups is 1. The van der Waals surface area contributed by atoms with E-state index in [0.717, 1.165) is 25.4 Å². The maximum atomic E-state index is 12.5. The van der Waals surface area contributed by atoms with Crippen molar-refractivity contribution in [1.29, 1.82) is 0 Å². The van der Waals surface area contributed by atoms with Crippen molar-refractivity contribution in [2.24, 2.45) is 0 Å². The standard InChI is InChI=1S/C14H19N3O2S2/c18-21(19,11-2-1-7-16-9-10-20-12-16)14-5-3-4-13-15-6-8-17(13)14/h3-6,8H,1-2,7,9-12H2. The Kier molecular flexibility index (Phi) is 4.51. The molecular formula is C14H19N3O2S2. The van der Waals surface area contributed by atoms with Crippen LogP contribution in [0.5, 0.6) is 0 Å². The average Bonchev–Trinajstić information content (AvgIpc) is 3.14. The molecule has 0 unspecified atom stereocenters. The third-order valence-electron chi connectivity index (χ3n) is 3.67. The van der Waals surface area contributed by atoms with E-state index in [4.69, 9.17) is 0 Å². The molecule has 3 heterocycles. The van der Waals surface area contributed by atoms with Gasteiger partial charge in [-0.1, -0.05) is 6.07 Å². The second-order valence-electron chi connectivity index (χ2n) is 5.20. The fraction of sp³-hybridized carbons (Fsp3) is 0.500. The Bertz CT molecular complexity index is 706. The molecule has 0 saturated carbocycles. The zero-order valence-corrected chi connectivity index (χ0v) is 13.4. The van der Waals surface area contributed by atoms with Gasteiger partial charge in [-0.25, -0.2) is 13.4 Å². The minimum Gasteiger partial charge on any atom is -0.293 e. The molecule has 7 heteroatoms. The van der Waals surface area contributed by atoms with Crippen LogP contribution in [0.2, 0.25) is 0 Å². The van der Waals surface area contributed by atoms with Gasteiger partial charge in [0.05, 0.1) is 5.75 Å². The first-order valence-electron chi connectivity index (χ1n) is 7.12. The molecule has 5 nitrogen and oxygen atoms in total. The predicted octanol–water partition coefficient (Wildman–Crippen LogP) is 1.89. The Morgan fingerprint density at radius 3 is 3.00 bits per heavy atom. The van der Waals surface area contributed by atoms with Gasteiger partial charge in [0, 0.05) is 30.6 Å². The summed E-state index contributed by atoms with van der Waals surface area (Å²) in [6, 6.07) is 5.21. The van der Waals surface area contributed by atoms with Crippen molar-refractivity contribution in [1.82, 2.24) is 14.3 Å². The molecule has 0 bridgehead atoms. The highest BCUT2D eigenvalue weighted by atomic mass is 32.2. The Labute approximate surface area is 129 Å². The molecule has 0 spiro atoms. The maximum absolute atomic E-state index is 12.5. The molecule has 2 aromatic rings. The molecule has 0 aromatic carbocycles.